The highest BCUT2D eigenvalue weighted by Gasteiger charge is 2.34. The third kappa shape index (κ3) is 4.81. The van der Waals surface area contributed by atoms with Crippen LogP contribution in [0.3, 0.4) is 0 Å². The van der Waals surface area contributed by atoms with Crippen molar-refractivity contribution >= 4 is 23.5 Å². The summed E-state index contributed by atoms with van der Waals surface area (Å²) < 4.78 is 9.85. The second kappa shape index (κ2) is 8.99. The molecule has 0 amide bonds. The van der Waals surface area contributed by atoms with E-state index in [1.165, 1.54) is 13.2 Å². The van der Waals surface area contributed by atoms with Gasteiger partial charge in [0.05, 0.1) is 19.8 Å². The number of nitrogens with zero attached hydrogens (tertiary/aromatic N) is 1. The zero-order valence-corrected chi connectivity index (χ0v) is 15.0. The van der Waals surface area contributed by atoms with Gasteiger partial charge in [-0.25, -0.2) is 9.59 Å². The number of hydrogen-bond acceptors (Lipinski definition) is 6. The highest BCUT2D eigenvalue weighted by Crippen LogP contribution is 2.32. The van der Waals surface area contributed by atoms with Crippen LogP contribution in [0.1, 0.15) is 24.9 Å². The molecule has 1 aliphatic heterocycles. The topological polar surface area (TPSA) is 76.1 Å². The van der Waals surface area contributed by atoms with Crippen molar-refractivity contribution in [3.8, 4) is 0 Å². The number of aliphatic hydroxyl groups is 1. The molecule has 6 nitrogen and oxygen atoms in total. The van der Waals surface area contributed by atoms with Gasteiger partial charge in [-0.15, -0.1) is 0 Å². The van der Waals surface area contributed by atoms with Crippen molar-refractivity contribution in [2.45, 2.75) is 25.5 Å². The maximum atomic E-state index is 12.4. The monoisotopic (exact) mass is 367 g/mol. The highest BCUT2D eigenvalue weighted by atomic mass is 35.5. The minimum atomic E-state index is -0.745. The van der Waals surface area contributed by atoms with Crippen LogP contribution in [-0.4, -0.2) is 54.9 Å². The summed E-state index contributed by atoms with van der Waals surface area (Å²) in [6, 6.07) is 6.35. The minimum Gasteiger partial charge on any atom is -0.468 e. The fourth-order valence-electron chi connectivity index (χ4n) is 2.87. The smallest absolute Gasteiger partial charge is 0.330 e. The maximum Gasteiger partial charge on any atom is 0.330 e. The Morgan fingerprint density at radius 2 is 2.16 bits per heavy atom. The Bertz CT molecular complexity index is 661. The molecule has 0 aromatic heterocycles. The molecular formula is C18H22ClNO5. The largest absolute Gasteiger partial charge is 0.468 e. The molecule has 1 aromatic carbocycles. The summed E-state index contributed by atoms with van der Waals surface area (Å²) in [6.45, 7) is 2.68. The number of likely N-dealkylation sites (tertiary alicyclic amines) is 1. The van der Waals surface area contributed by atoms with Crippen molar-refractivity contribution in [2.75, 3.05) is 26.8 Å². The van der Waals surface area contributed by atoms with Gasteiger partial charge in [0, 0.05) is 24.2 Å². The van der Waals surface area contributed by atoms with Gasteiger partial charge in [0.15, 0.2) is 0 Å². The van der Waals surface area contributed by atoms with Gasteiger partial charge in [0.1, 0.15) is 6.04 Å². The van der Waals surface area contributed by atoms with Gasteiger partial charge in [-0.1, -0.05) is 29.8 Å². The Hall–Kier alpha value is -1.89. The number of rotatable bonds is 5. The van der Waals surface area contributed by atoms with Crippen molar-refractivity contribution < 1.29 is 24.2 Å². The lowest BCUT2D eigenvalue weighted by Gasteiger charge is -2.36. The predicted octanol–water partition coefficient (Wildman–Crippen LogP) is 2.11. The van der Waals surface area contributed by atoms with E-state index in [1.54, 1.807) is 31.2 Å². The average molecular weight is 368 g/mol. The molecule has 2 atom stereocenters. The average Bonchev–Trinajstić information content (AvgIpc) is 2.59. The van der Waals surface area contributed by atoms with E-state index in [4.69, 9.17) is 21.1 Å². The molecule has 136 valence electrons. The summed E-state index contributed by atoms with van der Waals surface area (Å²) in [5, 5.41) is 10.6. The number of benzene rings is 1. The maximum absolute atomic E-state index is 12.4. The third-order valence-electron chi connectivity index (χ3n) is 4.08. The van der Waals surface area contributed by atoms with Crippen molar-refractivity contribution in [1.29, 1.82) is 0 Å². The SMILES string of the molecule is CCOC(=O)C=C1CN(C(C(=O)OC)c2ccccc2Cl)CCC1O. The molecule has 25 heavy (non-hydrogen) atoms. The van der Waals surface area contributed by atoms with E-state index in [0.29, 0.717) is 29.1 Å². The molecule has 0 spiro atoms. The van der Waals surface area contributed by atoms with Crippen molar-refractivity contribution in [3.63, 3.8) is 0 Å². The van der Waals surface area contributed by atoms with Crippen molar-refractivity contribution in [3.05, 3.63) is 46.5 Å². The fraction of sp³-hybridized carbons (Fsp3) is 0.444. The lowest BCUT2D eigenvalue weighted by atomic mass is 9.96. The molecule has 1 aromatic rings. The van der Waals surface area contributed by atoms with Crippen LogP contribution in [0.5, 0.6) is 0 Å². The van der Waals surface area contributed by atoms with E-state index < -0.39 is 24.1 Å². The number of esters is 2. The second-order valence-electron chi connectivity index (χ2n) is 5.69. The first-order chi connectivity index (χ1) is 12.0. The van der Waals surface area contributed by atoms with E-state index >= 15 is 0 Å². The Balaban J connectivity index is 2.30. The molecule has 1 heterocycles. The third-order valence-corrected chi connectivity index (χ3v) is 4.43. The summed E-state index contributed by atoms with van der Waals surface area (Å²) in [5.41, 5.74) is 1.13. The number of halogens is 1. The number of carbonyl (C=O) groups is 2. The molecule has 1 saturated heterocycles. The normalized spacial score (nSPS) is 21.0. The summed E-state index contributed by atoms with van der Waals surface area (Å²) in [7, 11) is 1.32. The quantitative estimate of drug-likeness (QED) is 0.634. The van der Waals surface area contributed by atoms with E-state index in [1.807, 2.05) is 4.90 Å². The summed E-state index contributed by atoms with van der Waals surface area (Å²) >= 11 is 6.26. The van der Waals surface area contributed by atoms with Crippen LogP contribution in [-0.2, 0) is 19.1 Å². The molecule has 7 heteroatoms. The van der Waals surface area contributed by atoms with Crippen LogP contribution in [0.2, 0.25) is 5.02 Å². The van der Waals surface area contributed by atoms with E-state index in [-0.39, 0.29) is 13.2 Å². The number of carbonyl (C=O) groups excluding carboxylic acids is 2. The number of aliphatic hydroxyl groups excluding tert-OH is 1. The van der Waals surface area contributed by atoms with Crippen LogP contribution in [0, 0.1) is 0 Å². The molecule has 0 bridgehead atoms. The van der Waals surface area contributed by atoms with Crippen LogP contribution in [0.15, 0.2) is 35.9 Å². The molecule has 1 aliphatic rings. The van der Waals surface area contributed by atoms with Crippen LogP contribution in [0.25, 0.3) is 0 Å². The Labute approximate surface area is 152 Å². The first-order valence-corrected chi connectivity index (χ1v) is 8.47. The molecule has 2 rings (SSSR count). The lowest BCUT2D eigenvalue weighted by Crippen LogP contribution is -2.43. The standard InChI is InChI=1S/C18H22ClNO5/c1-3-25-16(22)10-12-11-20(9-8-15(12)21)17(18(23)24-2)13-6-4-5-7-14(13)19/h4-7,10,15,17,21H,3,8-9,11H2,1-2H3. The second-order valence-corrected chi connectivity index (χ2v) is 6.10. The summed E-state index contributed by atoms with van der Waals surface area (Å²) in [4.78, 5) is 25.9. The molecule has 2 unspecified atom stereocenters. The fourth-order valence-corrected chi connectivity index (χ4v) is 3.11. The number of ether oxygens (including phenoxy) is 2. The van der Waals surface area contributed by atoms with Crippen LogP contribution in [0.4, 0.5) is 0 Å². The van der Waals surface area contributed by atoms with Gasteiger partial charge in [0.25, 0.3) is 0 Å². The van der Waals surface area contributed by atoms with E-state index in [2.05, 4.69) is 0 Å². The molecule has 1 N–H and O–H groups in total. The van der Waals surface area contributed by atoms with E-state index in [9.17, 15) is 14.7 Å². The number of piperidine rings is 1. The van der Waals surface area contributed by atoms with Gasteiger partial charge in [-0.05, 0) is 30.5 Å². The van der Waals surface area contributed by atoms with Crippen molar-refractivity contribution in [1.82, 2.24) is 4.90 Å². The van der Waals surface area contributed by atoms with Crippen LogP contribution < -0.4 is 0 Å². The lowest BCUT2D eigenvalue weighted by molar-refractivity contribution is -0.147. The van der Waals surface area contributed by atoms with Gasteiger partial charge in [-0.3, -0.25) is 4.90 Å². The predicted molar refractivity (Wildman–Crippen MR) is 93.1 cm³/mol. The molecular weight excluding hydrogens is 346 g/mol. The van der Waals surface area contributed by atoms with Gasteiger partial charge >= 0.3 is 11.9 Å². The first kappa shape index (κ1) is 19.4. The van der Waals surface area contributed by atoms with E-state index in [0.717, 1.165) is 0 Å². The van der Waals surface area contributed by atoms with Gasteiger partial charge in [-0.2, -0.15) is 0 Å². The van der Waals surface area contributed by atoms with Gasteiger partial charge < -0.3 is 14.6 Å². The highest BCUT2D eigenvalue weighted by molar-refractivity contribution is 6.31. The first-order valence-electron chi connectivity index (χ1n) is 8.09. The minimum absolute atomic E-state index is 0.241. The zero-order chi connectivity index (χ0) is 18.4. The summed E-state index contributed by atoms with van der Waals surface area (Å²) in [5.74, 6) is -0.953. The Kier molecular flexibility index (Phi) is 6.99. The zero-order valence-electron chi connectivity index (χ0n) is 14.3. The summed E-state index contributed by atoms with van der Waals surface area (Å²) in [6.07, 6.45) is 0.940. The molecule has 0 saturated carbocycles. The Morgan fingerprint density at radius 1 is 1.44 bits per heavy atom. The van der Waals surface area contributed by atoms with Crippen LogP contribution >= 0.6 is 11.6 Å². The van der Waals surface area contributed by atoms with Gasteiger partial charge in [0.2, 0.25) is 0 Å². The Morgan fingerprint density at radius 3 is 2.80 bits per heavy atom. The number of methoxy groups -OCH3 is 1. The molecule has 1 fully saturated rings. The number of hydrogen-bond donors (Lipinski definition) is 1. The molecule has 0 radical (unpaired) electrons. The van der Waals surface area contributed by atoms with Crippen molar-refractivity contribution in [2.24, 2.45) is 0 Å². The molecule has 0 aliphatic carbocycles.